The molecule has 4 rings (SSSR count). The first-order valence-corrected chi connectivity index (χ1v) is 14.0. The van der Waals surface area contributed by atoms with Gasteiger partial charge in [0, 0.05) is 5.92 Å². The van der Waals surface area contributed by atoms with E-state index < -0.39 is 0 Å². The molecular weight excluding hydrogens is 479 g/mol. The molecule has 0 aliphatic heterocycles. The number of aromatic nitrogens is 4. The van der Waals surface area contributed by atoms with Crippen LogP contribution in [0.4, 0.5) is 0 Å². The number of nitrogens with zero attached hydrogens (tertiary/aromatic N) is 2. The van der Waals surface area contributed by atoms with Gasteiger partial charge in [0.15, 0.2) is 5.15 Å². The van der Waals surface area contributed by atoms with Gasteiger partial charge in [0.1, 0.15) is 22.5 Å². The first-order chi connectivity index (χ1) is 16.8. The largest absolute Gasteiger partial charge is 0.343 e. The molecule has 2 aromatic heterocycles. The maximum Gasteiger partial charge on any atom is 0.150 e. The number of nitrogens with one attached hydrogen (secondary N) is 2. The second-order valence-corrected chi connectivity index (χ2v) is 11.1. The van der Waals surface area contributed by atoms with Crippen molar-refractivity contribution in [3.63, 3.8) is 0 Å². The van der Waals surface area contributed by atoms with Gasteiger partial charge in [0.05, 0.1) is 17.8 Å². The van der Waals surface area contributed by atoms with Crippen molar-refractivity contribution < 1.29 is 0 Å². The zero-order valence-corrected chi connectivity index (χ0v) is 22.7. The summed E-state index contributed by atoms with van der Waals surface area (Å²) in [6.07, 6.45) is 14.1. The van der Waals surface area contributed by atoms with E-state index in [2.05, 4.69) is 47.9 Å². The predicted molar refractivity (Wildman–Crippen MR) is 145 cm³/mol. The second kappa shape index (κ2) is 11.6. The highest BCUT2D eigenvalue weighted by atomic mass is 35.5. The number of aromatic amines is 2. The Morgan fingerprint density at radius 2 is 1.69 bits per heavy atom. The van der Waals surface area contributed by atoms with Crippen LogP contribution in [0, 0.1) is 11.8 Å². The van der Waals surface area contributed by atoms with Gasteiger partial charge in [-0.2, -0.15) is 0 Å². The van der Waals surface area contributed by atoms with Gasteiger partial charge in [-0.1, -0.05) is 74.5 Å². The normalized spacial score (nSPS) is 25.1. The number of halogens is 2. The molecule has 192 valence electrons. The van der Waals surface area contributed by atoms with Crippen molar-refractivity contribution in [1.82, 2.24) is 19.9 Å². The monoisotopic (exact) mass is 518 g/mol. The van der Waals surface area contributed by atoms with Crippen molar-refractivity contribution in [3.05, 3.63) is 51.1 Å². The van der Waals surface area contributed by atoms with E-state index in [1.165, 1.54) is 18.4 Å². The van der Waals surface area contributed by atoms with Crippen LogP contribution in [0.5, 0.6) is 0 Å². The molecule has 35 heavy (non-hydrogen) atoms. The lowest BCUT2D eigenvalue weighted by atomic mass is 9.79. The van der Waals surface area contributed by atoms with Gasteiger partial charge in [0.2, 0.25) is 0 Å². The summed E-state index contributed by atoms with van der Waals surface area (Å²) in [5, 5.41) is 1.19. The van der Waals surface area contributed by atoms with Crippen molar-refractivity contribution in [2.75, 3.05) is 0 Å². The topological polar surface area (TPSA) is 109 Å². The Bertz CT molecular complexity index is 1070. The van der Waals surface area contributed by atoms with Crippen molar-refractivity contribution in [2.24, 2.45) is 23.3 Å². The Balaban J connectivity index is 1.46. The Morgan fingerprint density at radius 1 is 0.971 bits per heavy atom. The van der Waals surface area contributed by atoms with Crippen LogP contribution in [-0.2, 0) is 0 Å². The van der Waals surface area contributed by atoms with E-state index in [4.69, 9.17) is 39.7 Å². The summed E-state index contributed by atoms with van der Waals surface area (Å²) in [6, 6.07) is -0.191. The molecule has 0 spiro atoms. The maximum absolute atomic E-state index is 6.55. The molecule has 6 N–H and O–H groups in total. The Hall–Kier alpha value is -1.60. The minimum Gasteiger partial charge on any atom is -0.343 e. The Morgan fingerprint density at radius 3 is 2.40 bits per heavy atom. The molecule has 0 bridgehead atoms. The summed E-state index contributed by atoms with van der Waals surface area (Å²) < 4.78 is 0. The third kappa shape index (κ3) is 5.87. The molecule has 2 aliphatic rings. The molecule has 2 aromatic rings. The number of allylic oxidation sites excluding steroid dienone is 4. The van der Waals surface area contributed by atoms with Crippen LogP contribution < -0.4 is 11.5 Å². The van der Waals surface area contributed by atoms with E-state index in [0.717, 1.165) is 68.0 Å². The fourth-order valence-electron chi connectivity index (χ4n) is 5.68. The van der Waals surface area contributed by atoms with E-state index in [1.54, 1.807) is 5.57 Å². The van der Waals surface area contributed by atoms with E-state index >= 15 is 0 Å². The lowest BCUT2D eigenvalue weighted by molar-refractivity contribution is 0.490. The minimum atomic E-state index is -0.104. The molecular formula is C27H40Cl2N6. The molecule has 1 saturated carbocycles. The van der Waals surface area contributed by atoms with Crippen LogP contribution in [-0.4, -0.2) is 19.9 Å². The molecule has 8 heteroatoms. The second-order valence-electron chi connectivity index (χ2n) is 10.4. The average molecular weight is 520 g/mol. The number of H-pyrrole nitrogens is 2. The van der Waals surface area contributed by atoms with Gasteiger partial charge < -0.3 is 21.4 Å². The van der Waals surface area contributed by atoms with E-state index in [9.17, 15) is 0 Å². The zero-order valence-electron chi connectivity index (χ0n) is 21.2. The van der Waals surface area contributed by atoms with Gasteiger partial charge >= 0.3 is 0 Å². The summed E-state index contributed by atoms with van der Waals surface area (Å²) in [6.45, 7) is 6.47. The quantitative estimate of drug-likeness (QED) is 0.273. The van der Waals surface area contributed by atoms with Gasteiger partial charge in [-0.05, 0) is 62.4 Å². The highest BCUT2D eigenvalue weighted by molar-refractivity contribution is 6.31. The van der Waals surface area contributed by atoms with Crippen LogP contribution in [0.15, 0.2) is 17.7 Å². The van der Waals surface area contributed by atoms with Crippen LogP contribution in [0.1, 0.15) is 120 Å². The Labute approximate surface area is 219 Å². The van der Waals surface area contributed by atoms with E-state index in [-0.39, 0.29) is 12.1 Å². The standard InChI is InChI=1S/C27H40Cl2N6/c1-4-7-21(31)27-33-23(25(29)35-27)19-13-12-18(14-15(19)3)16-8-6-9-17(11-10-16)22-24(28)34-26(32-22)20(30)5-2/h12-13,15-17,20-21H,4-11,14,30-31H2,1-3H3,(H,32,34)(H,33,35). The lowest BCUT2D eigenvalue weighted by Gasteiger charge is -2.26. The Kier molecular flexibility index (Phi) is 8.80. The fraction of sp³-hybridized carbons (Fsp3) is 0.630. The van der Waals surface area contributed by atoms with Crippen molar-refractivity contribution >= 4 is 28.8 Å². The molecule has 1 fully saturated rings. The minimum absolute atomic E-state index is 0.0869. The third-order valence-electron chi connectivity index (χ3n) is 7.85. The third-order valence-corrected chi connectivity index (χ3v) is 8.41. The zero-order chi connectivity index (χ0) is 25.1. The molecule has 0 aromatic carbocycles. The SMILES string of the molecule is CCCC(N)c1nc(C2=CC=C(C3CCCC(c4[nH]c(C(N)CC)nc4Cl)CC3)CC2C)c(Cl)[nH]1. The van der Waals surface area contributed by atoms with Crippen LogP contribution in [0.25, 0.3) is 5.57 Å². The maximum atomic E-state index is 6.55. The van der Waals surface area contributed by atoms with Crippen LogP contribution >= 0.6 is 23.2 Å². The lowest BCUT2D eigenvalue weighted by Crippen LogP contribution is -2.13. The predicted octanol–water partition coefficient (Wildman–Crippen LogP) is 7.36. The molecule has 2 heterocycles. The molecule has 6 nitrogen and oxygen atoms in total. The molecule has 0 saturated heterocycles. The molecule has 5 unspecified atom stereocenters. The number of rotatable bonds is 8. The average Bonchev–Trinajstić information content (AvgIpc) is 3.32. The highest BCUT2D eigenvalue weighted by Crippen LogP contribution is 2.43. The summed E-state index contributed by atoms with van der Waals surface area (Å²) in [4.78, 5) is 16.0. The number of hydrogen-bond donors (Lipinski definition) is 4. The summed E-state index contributed by atoms with van der Waals surface area (Å²) in [5.74, 6) is 2.97. The highest BCUT2D eigenvalue weighted by Gasteiger charge is 2.29. The summed E-state index contributed by atoms with van der Waals surface area (Å²) in [7, 11) is 0. The van der Waals surface area contributed by atoms with Gasteiger partial charge in [-0.15, -0.1) is 0 Å². The van der Waals surface area contributed by atoms with E-state index in [0.29, 0.717) is 28.1 Å². The number of nitrogens with two attached hydrogens (primary N) is 2. The van der Waals surface area contributed by atoms with Gasteiger partial charge in [0.25, 0.3) is 0 Å². The molecule has 0 amide bonds. The fourth-order valence-corrected chi connectivity index (χ4v) is 6.22. The van der Waals surface area contributed by atoms with E-state index in [1.807, 2.05) is 0 Å². The van der Waals surface area contributed by atoms with Gasteiger partial charge in [-0.25, -0.2) is 9.97 Å². The molecule has 2 aliphatic carbocycles. The number of imidazole rings is 2. The van der Waals surface area contributed by atoms with Crippen molar-refractivity contribution in [3.8, 4) is 0 Å². The van der Waals surface area contributed by atoms with Crippen LogP contribution in [0.2, 0.25) is 10.3 Å². The van der Waals surface area contributed by atoms with Gasteiger partial charge in [-0.3, -0.25) is 0 Å². The number of hydrogen-bond acceptors (Lipinski definition) is 4. The van der Waals surface area contributed by atoms with Crippen LogP contribution in [0.3, 0.4) is 0 Å². The summed E-state index contributed by atoms with van der Waals surface area (Å²) >= 11 is 13.1. The molecule has 5 atom stereocenters. The van der Waals surface area contributed by atoms with Crippen molar-refractivity contribution in [1.29, 1.82) is 0 Å². The first kappa shape index (κ1) is 26.5. The summed E-state index contributed by atoms with van der Waals surface area (Å²) in [5.41, 5.74) is 17.1. The van der Waals surface area contributed by atoms with Crippen molar-refractivity contribution in [2.45, 2.75) is 96.6 Å². The first-order valence-electron chi connectivity index (χ1n) is 13.2. The molecule has 0 radical (unpaired) electrons. The smallest absolute Gasteiger partial charge is 0.150 e.